The zero-order valence-electron chi connectivity index (χ0n) is 8.88. The maximum Gasteiger partial charge on any atom is 0.0758 e. The first kappa shape index (κ1) is 10.5. The standard InChI is InChI=1S/C12H20O/c1-12(2,3)9-8-10-4-6-11(13)7-5-10/h4-6,11,13H,7-9H2,1-3H3. The Labute approximate surface area is 81.2 Å². The van der Waals surface area contributed by atoms with Crippen molar-refractivity contribution < 1.29 is 5.11 Å². The van der Waals surface area contributed by atoms with Crippen LogP contribution >= 0.6 is 0 Å². The van der Waals surface area contributed by atoms with Gasteiger partial charge in [0, 0.05) is 0 Å². The van der Waals surface area contributed by atoms with E-state index in [4.69, 9.17) is 0 Å². The number of aliphatic hydroxyl groups excluding tert-OH is 1. The number of hydrogen-bond acceptors (Lipinski definition) is 1. The molecule has 13 heavy (non-hydrogen) atoms. The number of allylic oxidation sites excluding steroid dienone is 2. The summed E-state index contributed by atoms with van der Waals surface area (Å²) in [5.74, 6) is 0. The molecule has 0 aromatic rings. The van der Waals surface area contributed by atoms with E-state index in [1.807, 2.05) is 6.08 Å². The molecule has 1 N–H and O–H groups in total. The molecular formula is C12H20O. The van der Waals surface area contributed by atoms with E-state index < -0.39 is 0 Å². The van der Waals surface area contributed by atoms with Gasteiger partial charge in [-0.15, -0.1) is 0 Å². The van der Waals surface area contributed by atoms with Crippen LogP contribution in [0.1, 0.15) is 40.0 Å². The van der Waals surface area contributed by atoms with Gasteiger partial charge >= 0.3 is 0 Å². The van der Waals surface area contributed by atoms with E-state index in [1.165, 1.54) is 12.0 Å². The van der Waals surface area contributed by atoms with Crippen LogP contribution in [0.5, 0.6) is 0 Å². The van der Waals surface area contributed by atoms with E-state index in [-0.39, 0.29) is 6.10 Å². The van der Waals surface area contributed by atoms with Gasteiger partial charge in [-0.3, -0.25) is 0 Å². The summed E-state index contributed by atoms with van der Waals surface area (Å²) in [4.78, 5) is 0. The lowest BCUT2D eigenvalue weighted by molar-refractivity contribution is 0.225. The average Bonchev–Trinajstić information content (AvgIpc) is 2.02. The zero-order valence-corrected chi connectivity index (χ0v) is 8.88. The summed E-state index contributed by atoms with van der Waals surface area (Å²) >= 11 is 0. The molecule has 0 saturated carbocycles. The Morgan fingerprint density at radius 2 is 2.15 bits per heavy atom. The molecule has 0 aliphatic heterocycles. The molecule has 0 amide bonds. The molecule has 0 saturated heterocycles. The molecule has 1 nitrogen and oxygen atoms in total. The van der Waals surface area contributed by atoms with E-state index >= 15 is 0 Å². The van der Waals surface area contributed by atoms with Gasteiger partial charge in [-0.1, -0.05) is 44.6 Å². The first-order chi connectivity index (χ1) is 5.97. The van der Waals surface area contributed by atoms with Crippen molar-refractivity contribution >= 4 is 0 Å². The molecule has 1 aliphatic rings. The second-order valence-electron chi connectivity index (χ2n) is 5.00. The van der Waals surface area contributed by atoms with Gasteiger partial charge < -0.3 is 5.11 Å². The second kappa shape index (κ2) is 4.10. The molecule has 74 valence electrons. The summed E-state index contributed by atoms with van der Waals surface area (Å²) < 4.78 is 0. The lowest BCUT2D eigenvalue weighted by atomic mass is 9.87. The molecule has 1 rings (SSSR count). The summed E-state index contributed by atoms with van der Waals surface area (Å²) in [6.45, 7) is 6.78. The first-order valence-corrected chi connectivity index (χ1v) is 5.03. The molecular weight excluding hydrogens is 160 g/mol. The lowest BCUT2D eigenvalue weighted by Gasteiger charge is -2.19. The Morgan fingerprint density at radius 3 is 2.62 bits per heavy atom. The van der Waals surface area contributed by atoms with E-state index in [2.05, 4.69) is 32.9 Å². The van der Waals surface area contributed by atoms with Crippen LogP contribution in [0.25, 0.3) is 0 Å². The maximum absolute atomic E-state index is 9.22. The highest BCUT2D eigenvalue weighted by atomic mass is 16.3. The summed E-state index contributed by atoms with van der Waals surface area (Å²) in [5, 5.41) is 9.22. The maximum atomic E-state index is 9.22. The van der Waals surface area contributed by atoms with Crippen molar-refractivity contribution in [1.82, 2.24) is 0 Å². The highest BCUT2D eigenvalue weighted by molar-refractivity contribution is 5.24. The van der Waals surface area contributed by atoms with Crippen molar-refractivity contribution in [3.05, 3.63) is 23.8 Å². The Bertz CT molecular complexity index is 218. The number of rotatable bonds is 2. The molecule has 0 bridgehead atoms. The smallest absolute Gasteiger partial charge is 0.0758 e. The predicted octanol–water partition coefficient (Wildman–Crippen LogP) is 3.06. The van der Waals surface area contributed by atoms with Gasteiger partial charge in [0.25, 0.3) is 0 Å². The van der Waals surface area contributed by atoms with E-state index in [0.29, 0.717) is 5.41 Å². The van der Waals surface area contributed by atoms with Crippen molar-refractivity contribution in [3.63, 3.8) is 0 Å². The molecule has 0 aromatic carbocycles. The summed E-state index contributed by atoms with van der Waals surface area (Å²) in [7, 11) is 0. The molecule has 0 aromatic heterocycles. The molecule has 1 aliphatic carbocycles. The van der Waals surface area contributed by atoms with Crippen molar-refractivity contribution in [2.45, 2.75) is 46.1 Å². The number of aliphatic hydroxyl groups is 1. The lowest BCUT2D eigenvalue weighted by Crippen LogP contribution is -2.07. The monoisotopic (exact) mass is 180 g/mol. The Balaban J connectivity index is 2.36. The van der Waals surface area contributed by atoms with Crippen LogP contribution in [-0.2, 0) is 0 Å². The van der Waals surface area contributed by atoms with Crippen LogP contribution in [0.15, 0.2) is 23.8 Å². The van der Waals surface area contributed by atoms with Crippen molar-refractivity contribution in [1.29, 1.82) is 0 Å². The van der Waals surface area contributed by atoms with Gasteiger partial charge in [-0.05, 0) is 24.7 Å². The van der Waals surface area contributed by atoms with Crippen LogP contribution in [-0.4, -0.2) is 11.2 Å². The summed E-state index contributed by atoms with van der Waals surface area (Å²) in [5.41, 5.74) is 1.78. The third kappa shape index (κ3) is 4.28. The van der Waals surface area contributed by atoms with Crippen LogP contribution < -0.4 is 0 Å². The zero-order chi connectivity index (χ0) is 9.90. The topological polar surface area (TPSA) is 20.2 Å². The first-order valence-electron chi connectivity index (χ1n) is 5.03. The van der Waals surface area contributed by atoms with Crippen LogP contribution in [0.2, 0.25) is 0 Å². The van der Waals surface area contributed by atoms with E-state index in [9.17, 15) is 5.11 Å². The van der Waals surface area contributed by atoms with Crippen LogP contribution in [0.3, 0.4) is 0 Å². The fourth-order valence-electron chi connectivity index (χ4n) is 1.36. The fourth-order valence-corrected chi connectivity index (χ4v) is 1.36. The van der Waals surface area contributed by atoms with Crippen molar-refractivity contribution in [2.24, 2.45) is 5.41 Å². The van der Waals surface area contributed by atoms with Gasteiger partial charge in [0.15, 0.2) is 0 Å². The molecule has 1 atom stereocenters. The number of hydrogen-bond donors (Lipinski definition) is 1. The van der Waals surface area contributed by atoms with Crippen molar-refractivity contribution in [2.75, 3.05) is 0 Å². The Kier molecular flexibility index (Phi) is 3.32. The minimum absolute atomic E-state index is 0.251. The molecule has 1 heteroatoms. The highest BCUT2D eigenvalue weighted by Gasteiger charge is 2.11. The highest BCUT2D eigenvalue weighted by Crippen LogP contribution is 2.25. The second-order valence-corrected chi connectivity index (χ2v) is 5.00. The largest absolute Gasteiger partial charge is 0.389 e. The van der Waals surface area contributed by atoms with E-state index in [0.717, 1.165) is 12.8 Å². The minimum atomic E-state index is -0.251. The third-order valence-corrected chi connectivity index (χ3v) is 2.32. The Hall–Kier alpha value is -0.560. The van der Waals surface area contributed by atoms with Crippen LogP contribution in [0, 0.1) is 5.41 Å². The average molecular weight is 180 g/mol. The molecule has 0 heterocycles. The summed E-state index contributed by atoms with van der Waals surface area (Å²) in [6.07, 6.45) is 8.97. The Morgan fingerprint density at radius 1 is 1.46 bits per heavy atom. The minimum Gasteiger partial charge on any atom is -0.389 e. The fraction of sp³-hybridized carbons (Fsp3) is 0.667. The molecule has 1 unspecified atom stereocenters. The van der Waals surface area contributed by atoms with E-state index in [1.54, 1.807) is 0 Å². The SMILES string of the molecule is CC(C)(C)CCC1=CCC(O)C=C1. The van der Waals surface area contributed by atoms with Crippen molar-refractivity contribution in [3.8, 4) is 0 Å². The normalized spacial score (nSPS) is 23.1. The van der Waals surface area contributed by atoms with Crippen LogP contribution in [0.4, 0.5) is 0 Å². The third-order valence-electron chi connectivity index (χ3n) is 2.32. The van der Waals surface area contributed by atoms with Gasteiger partial charge in [-0.2, -0.15) is 0 Å². The molecule has 0 spiro atoms. The van der Waals surface area contributed by atoms with Gasteiger partial charge in [0.2, 0.25) is 0 Å². The molecule has 0 fully saturated rings. The van der Waals surface area contributed by atoms with Gasteiger partial charge in [0.05, 0.1) is 6.10 Å². The predicted molar refractivity (Wildman–Crippen MR) is 56.5 cm³/mol. The summed E-state index contributed by atoms with van der Waals surface area (Å²) in [6, 6.07) is 0. The quantitative estimate of drug-likeness (QED) is 0.692. The van der Waals surface area contributed by atoms with Gasteiger partial charge in [0.1, 0.15) is 0 Å². The molecule has 0 radical (unpaired) electrons. The van der Waals surface area contributed by atoms with Gasteiger partial charge in [-0.25, -0.2) is 0 Å².